The number of fused-ring (bicyclic) bond motifs is 4. The first-order valence-corrected chi connectivity index (χ1v) is 10.5. The quantitative estimate of drug-likeness (QED) is 0.568. The lowest BCUT2D eigenvalue weighted by atomic mass is 9.81. The smallest absolute Gasteiger partial charge is 0.256 e. The molecule has 2 atom stereocenters. The molecule has 0 saturated carbocycles. The lowest BCUT2D eigenvalue weighted by Gasteiger charge is -2.46. The molecule has 3 aromatic rings. The van der Waals surface area contributed by atoms with Gasteiger partial charge in [-0.25, -0.2) is 14.4 Å². The van der Waals surface area contributed by atoms with Crippen molar-refractivity contribution in [3.05, 3.63) is 62.9 Å². The molecule has 1 fully saturated rings. The second kappa shape index (κ2) is 7.32. The number of piperidine rings is 1. The first-order valence-electron chi connectivity index (χ1n) is 9.79. The van der Waals surface area contributed by atoms with Gasteiger partial charge < -0.3 is 4.90 Å². The number of hydrogen-bond acceptors (Lipinski definition) is 4. The number of rotatable bonds is 2. The summed E-state index contributed by atoms with van der Waals surface area (Å²) in [6.07, 6.45) is 4.94. The lowest BCUT2D eigenvalue weighted by molar-refractivity contribution is 0.0388. The molecule has 2 aliphatic heterocycles. The lowest BCUT2D eigenvalue weighted by Crippen LogP contribution is -2.50. The van der Waals surface area contributed by atoms with Crippen LogP contribution in [0.1, 0.15) is 52.7 Å². The van der Waals surface area contributed by atoms with Crippen molar-refractivity contribution in [3.63, 3.8) is 0 Å². The Bertz CT molecular complexity index is 1150. The number of benzene rings is 1. The van der Waals surface area contributed by atoms with Gasteiger partial charge >= 0.3 is 0 Å². The van der Waals surface area contributed by atoms with Crippen LogP contribution in [0.25, 0.3) is 11.4 Å². The molecule has 2 aromatic heterocycles. The zero-order valence-corrected chi connectivity index (χ0v) is 17.6. The van der Waals surface area contributed by atoms with E-state index in [2.05, 4.69) is 15.2 Å². The Labute approximate surface area is 182 Å². The number of hydrogen-bond donors (Lipinski definition) is 1. The van der Waals surface area contributed by atoms with Crippen LogP contribution in [0.4, 0.5) is 4.39 Å². The fraction of sp³-hybridized carbons (Fsp3) is 0.333. The Kier molecular flexibility index (Phi) is 4.75. The Morgan fingerprint density at radius 1 is 1.23 bits per heavy atom. The number of aryl methyl sites for hydroxylation is 1. The minimum Gasteiger partial charge on any atom is -0.327 e. The van der Waals surface area contributed by atoms with E-state index in [9.17, 15) is 9.18 Å². The maximum atomic E-state index is 14.2. The summed E-state index contributed by atoms with van der Waals surface area (Å²) in [6, 6.07) is 4.49. The average Bonchev–Trinajstić information content (AvgIpc) is 3.26. The largest absolute Gasteiger partial charge is 0.327 e. The minimum atomic E-state index is -0.772. The van der Waals surface area contributed by atoms with Crippen LogP contribution in [0.5, 0.6) is 0 Å². The Hall–Kier alpha value is -2.51. The average molecular weight is 446 g/mol. The Balaban J connectivity index is 1.62. The second-order valence-corrected chi connectivity index (χ2v) is 8.48. The number of halogens is 3. The van der Waals surface area contributed by atoms with Crippen LogP contribution < -0.4 is 0 Å². The van der Waals surface area contributed by atoms with Gasteiger partial charge in [0.2, 0.25) is 0 Å². The topological polar surface area (TPSA) is 74.8 Å². The molecule has 9 heteroatoms. The van der Waals surface area contributed by atoms with Crippen molar-refractivity contribution >= 4 is 29.1 Å². The van der Waals surface area contributed by atoms with Crippen LogP contribution >= 0.6 is 23.2 Å². The molecule has 6 nitrogen and oxygen atoms in total. The van der Waals surface area contributed by atoms with Gasteiger partial charge in [-0.2, -0.15) is 5.10 Å². The monoisotopic (exact) mass is 445 g/mol. The van der Waals surface area contributed by atoms with Crippen LogP contribution in [0, 0.1) is 12.7 Å². The molecule has 154 valence electrons. The zero-order chi connectivity index (χ0) is 21.0. The first kappa shape index (κ1) is 19.5. The van der Waals surface area contributed by atoms with Gasteiger partial charge in [0.15, 0.2) is 5.82 Å². The normalized spacial score (nSPS) is 20.2. The van der Waals surface area contributed by atoms with E-state index in [-0.39, 0.29) is 33.6 Å². The van der Waals surface area contributed by atoms with Gasteiger partial charge in [0.25, 0.3) is 5.91 Å². The van der Waals surface area contributed by atoms with Crippen molar-refractivity contribution < 1.29 is 9.18 Å². The van der Waals surface area contributed by atoms with Gasteiger partial charge in [0.1, 0.15) is 5.82 Å². The number of carbonyl (C=O) groups is 1. The molecule has 0 radical (unpaired) electrons. The molecule has 1 N–H and O–H groups in total. The molecular weight excluding hydrogens is 428 g/mol. The summed E-state index contributed by atoms with van der Waals surface area (Å²) in [6.45, 7) is 1.84. The number of nitrogens with one attached hydrogen (secondary N) is 1. The van der Waals surface area contributed by atoms with Crippen LogP contribution in [0.15, 0.2) is 24.4 Å². The van der Waals surface area contributed by atoms with Crippen molar-refractivity contribution in [2.24, 2.45) is 0 Å². The van der Waals surface area contributed by atoms with E-state index < -0.39 is 5.82 Å². The fourth-order valence-electron chi connectivity index (χ4n) is 4.63. The summed E-state index contributed by atoms with van der Waals surface area (Å²) in [5.41, 5.74) is 3.67. The summed E-state index contributed by atoms with van der Waals surface area (Å²) in [7, 11) is 0. The summed E-state index contributed by atoms with van der Waals surface area (Å²) in [5, 5.41) is 6.68. The number of nitrogens with zero attached hydrogens (tertiary/aromatic N) is 4. The van der Waals surface area contributed by atoms with E-state index >= 15 is 0 Å². The van der Waals surface area contributed by atoms with E-state index in [1.165, 1.54) is 12.1 Å². The van der Waals surface area contributed by atoms with Gasteiger partial charge in [-0.3, -0.25) is 9.89 Å². The SMILES string of the molecule is Cc1nc(-c2ccn[nH]2)c2c(n1)[C@H]1CCC[C@@H](C2)N1C(=O)c1ccc(Cl)c(F)c1Cl. The van der Waals surface area contributed by atoms with E-state index in [4.69, 9.17) is 28.2 Å². The third-order valence-electron chi connectivity index (χ3n) is 5.91. The van der Waals surface area contributed by atoms with Crippen molar-refractivity contribution in [2.45, 2.75) is 44.7 Å². The molecule has 2 bridgehead atoms. The van der Waals surface area contributed by atoms with E-state index in [1.54, 1.807) is 6.20 Å². The van der Waals surface area contributed by atoms with Gasteiger partial charge in [-0.05, 0) is 50.8 Å². The molecule has 30 heavy (non-hydrogen) atoms. The molecule has 5 rings (SSSR count). The molecule has 1 aromatic carbocycles. The van der Waals surface area contributed by atoms with Crippen molar-refractivity contribution in [1.82, 2.24) is 25.1 Å². The highest BCUT2D eigenvalue weighted by atomic mass is 35.5. The highest BCUT2D eigenvalue weighted by molar-refractivity contribution is 6.37. The van der Waals surface area contributed by atoms with Gasteiger partial charge in [-0.1, -0.05) is 23.2 Å². The molecule has 0 unspecified atom stereocenters. The molecule has 1 amide bonds. The molecule has 0 aliphatic carbocycles. The third kappa shape index (κ3) is 2.99. The molecule has 0 spiro atoms. The highest BCUT2D eigenvalue weighted by Crippen LogP contribution is 2.44. The number of aromatic nitrogens is 4. The molecule has 1 saturated heterocycles. The van der Waals surface area contributed by atoms with Crippen LogP contribution in [0.3, 0.4) is 0 Å². The predicted octanol–water partition coefficient (Wildman–Crippen LogP) is 4.91. The minimum absolute atomic E-state index is 0.0356. The summed E-state index contributed by atoms with van der Waals surface area (Å²) in [5.74, 6) is -0.438. The molecule has 4 heterocycles. The second-order valence-electron chi connectivity index (χ2n) is 7.69. The highest BCUT2D eigenvalue weighted by Gasteiger charge is 2.43. The maximum Gasteiger partial charge on any atom is 0.256 e. The van der Waals surface area contributed by atoms with Crippen molar-refractivity contribution in [3.8, 4) is 11.4 Å². The van der Waals surface area contributed by atoms with Crippen LogP contribution in [-0.2, 0) is 6.42 Å². The fourth-order valence-corrected chi connectivity index (χ4v) is 5.08. The zero-order valence-electron chi connectivity index (χ0n) is 16.1. The Morgan fingerprint density at radius 3 is 2.83 bits per heavy atom. The van der Waals surface area contributed by atoms with E-state index in [0.717, 1.165) is 41.9 Å². The third-order valence-corrected chi connectivity index (χ3v) is 6.57. The standard InChI is InChI=1S/C21H18Cl2FN5O/c1-10-26-19(15-7-8-25-28-15)13-9-11-3-2-4-16(20(13)27-10)29(11)21(30)12-5-6-14(22)18(24)17(12)23/h5-8,11,16H,2-4,9H2,1H3,(H,25,28)/t11-,16+/m0/s1. The van der Waals surface area contributed by atoms with Crippen LogP contribution in [-0.4, -0.2) is 37.0 Å². The van der Waals surface area contributed by atoms with E-state index in [0.29, 0.717) is 12.2 Å². The van der Waals surface area contributed by atoms with Crippen LogP contribution in [0.2, 0.25) is 10.0 Å². The maximum absolute atomic E-state index is 14.2. The number of H-pyrrole nitrogens is 1. The summed E-state index contributed by atoms with van der Waals surface area (Å²) >= 11 is 12.0. The number of amides is 1. The van der Waals surface area contributed by atoms with Gasteiger partial charge in [-0.15, -0.1) is 0 Å². The molecular formula is C21H18Cl2FN5O. The molecule has 2 aliphatic rings. The summed E-state index contributed by atoms with van der Waals surface area (Å²) in [4.78, 5) is 24.7. The van der Waals surface area contributed by atoms with E-state index in [1.807, 2.05) is 17.9 Å². The van der Waals surface area contributed by atoms with Crippen molar-refractivity contribution in [1.29, 1.82) is 0 Å². The van der Waals surface area contributed by atoms with Gasteiger partial charge in [0.05, 0.1) is 38.7 Å². The summed E-state index contributed by atoms with van der Waals surface area (Å²) < 4.78 is 14.2. The number of carbonyl (C=O) groups excluding carboxylic acids is 1. The first-order chi connectivity index (χ1) is 14.5. The Morgan fingerprint density at radius 2 is 2.07 bits per heavy atom. The van der Waals surface area contributed by atoms with Crippen molar-refractivity contribution in [2.75, 3.05) is 0 Å². The predicted molar refractivity (Wildman–Crippen MR) is 111 cm³/mol. The number of aromatic amines is 1. The van der Waals surface area contributed by atoms with Gasteiger partial charge in [0, 0.05) is 17.8 Å².